The molecule has 0 unspecified atom stereocenters. The van der Waals surface area contributed by atoms with Crippen molar-refractivity contribution in [3.05, 3.63) is 12.3 Å². The molecule has 0 bridgehead atoms. The van der Waals surface area contributed by atoms with Crippen LogP contribution >= 0.6 is 0 Å². The third-order valence-electron chi connectivity index (χ3n) is 0.531. The van der Waals surface area contributed by atoms with E-state index in [2.05, 4.69) is 6.08 Å². The number of rotatable bonds is 0. The van der Waals surface area contributed by atoms with Gasteiger partial charge >= 0.3 is 18.9 Å². The van der Waals surface area contributed by atoms with Crippen molar-refractivity contribution < 1.29 is 23.6 Å². The van der Waals surface area contributed by atoms with Gasteiger partial charge in [-0.3, -0.25) is 0 Å². The smallest absolute Gasteiger partial charge is 0.540 e. The number of hydrogen-bond donors (Lipinski definition) is 0. The minimum absolute atomic E-state index is 0. The SMILES string of the molecule is [C-]1=COCC1.[Li+]. The Morgan fingerprint density at radius 2 is 2.50 bits per heavy atom. The van der Waals surface area contributed by atoms with E-state index in [9.17, 15) is 0 Å². The van der Waals surface area contributed by atoms with Crippen LogP contribution in [0.15, 0.2) is 6.26 Å². The summed E-state index contributed by atoms with van der Waals surface area (Å²) in [6.45, 7) is 0.833. The van der Waals surface area contributed by atoms with Crippen LogP contribution in [0.25, 0.3) is 0 Å². The van der Waals surface area contributed by atoms with Crippen molar-refractivity contribution in [3.8, 4) is 0 Å². The van der Waals surface area contributed by atoms with Crippen molar-refractivity contribution in [2.24, 2.45) is 0 Å². The Bertz CT molecular complexity index is 45.5. The maximum atomic E-state index is 4.71. The van der Waals surface area contributed by atoms with E-state index in [-0.39, 0.29) is 18.9 Å². The standard InChI is InChI=1S/C4H5O.Li/c1-2-4-5-3-1;/h4H,1,3H2;/q-1;+1. The molecule has 0 atom stereocenters. The van der Waals surface area contributed by atoms with Crippen LogP contribution in [0.1, 0.15) is 6.42 Å². The molecule has 1 nitrogen and oxygen atoms in total. The van der Waals surface area contributed by atoms with E-state index >= 15 is 0 Å². The average Bonchev–Trinajstić information content (AvgIpc) is 1.76. The zero-order chi connectivity index (χ0) is 3.54. The summed E-state index contributed by atoms with van der Waals surface area (Å²) >= 11 is 0. The fourth-order valence-corrected chi connectivity index (χ4v) is 0.295. The largest absolute Gasteiger partial charge is 1.00 e. The molecule has 2 heteroatoms. The van der Waals surface area contributed by atoms with Gasteiger partial charge in [-0.05, 0) is 0 Å². The van der Waals surface area contributed by atoms with Gasteiger partial charge in [-0.15, -0.1) is 6.42 Å². The summed E-state index contributed by atoms with van der Waals surface area (Å²) < 4.78 is 4.71. The fourth-order valence-electron chi connectivity index (χ4n) is 0.295. The first kappa shape index (κ1) is 6.14. The molecule has 1 rings (SSSR count). The van der Waals surface area contributed by atoms with Crippen LogP contribution < -0.4 is 18.9 Å². The van der Waals surface area contributed by atoms with E-state index in [1.165, 1.54) is 0 Å². The number of hydrogen-bond acceptors (Lipinski definition) is 1. The third-order valence-corrected chi connectivity index (χ3v) is 0.531. The van der Waals surface area contributed by atoms with E-state index in [0.717, 1.165) is 13.0 Å². The Hall–Kier alpha value is 0.137. The van der Waals surface area contributed by atoms with Gasteiger partial charge < -0.3 is 10.8 Å². The Labute approximate surface area is 49.5 Å². The zero-order valence-corrected chi connectivity index (χ0v) is 3.90. The first-order chi connectivity index (χ1) is 2.50. The monoisotopic (exact) mass is 76.1 g/mol. The minimum atomic E-state index is 0. The van der Waals surface area contributed by atoms with E-state index in [4.69, 9.17) is 4.74 Å². The van der Waals surface area contributed by atoms with Crippen molar-refractivity contribution in [1.82, 2.24) is 0 Å². The van der Waals surface area contributed by atoms with Gasteiger partial charge in [0.15, 0.2) is 0 Å². The van der Waals surface area contributed by atoms with Crippen molar-refractivity contribution in [1.29, 1.82) is 0 Å². The second kappa shape index (κ2) is 3.33. The number of ether oxygens (including phenoxy) is 1. The van der Waals surface area contributed by atoms with Crippen molar-refractivity contribution in [3.63, 3.8) is 0 Å². The van der Waals surface area contributed by atoms with Crippen LogP contribution in [0.2, 0.25) is 0 Å². The summed E-state index contributed by atoms with van der Waals surface area (Å²) in [6.07, 6.45) is 5.46. The second-order valence-electron chi connectivity index (χ2n) is 0.943. The molecular formula is C4H5LiO. The molecule has 0 fully saturated rings. The van der Waals surface area contributed by atoms with Crippen molar-refractivity contribution >= 4 is 0 Å². The molecule has 1 heterocycles. The van der Waals surface area contributed by atoms with Gasteiger partial charge in [0, 0.05) is 0 Å². The third kappa shape index (κ3) is 1.54. The molecule has 0 aromatic carbocycles. The summed E-state index contributed by atoms with van der Waals surface area (Å²) in [5, 5.41) is 0. The molecule has 0 saturated carbocycles. The predicted octanol–water partition coefficient (Wildman–Crippen LogP) is -2.27. The summed E-state index contributed by atoms with van der Waals surface area (Å²) in [4.78, 5) is 0. The van der Waals surface area contributed by atoms with Crippen LogP contribution in [-0.2, 0) is 4.74 Å². The minimum Gasteiger partial charge on any atom is -0.540 e. The summed E-state index contributed by atoms with van der Waals surface area (Å²) in [6, 6.07) is 0. The van der Waals surface area contributed by atoms with Gasteiger partial charge in [-0.25, -0.2) is 0 Å². The maximum Gasteiger partial charge on any atom is 1.00 e. The molecule has 1 aliphatic heterocycles. The van der Waals surface area contributed by atoms with Gasteiger partial charge in [-0.1, -0.05) is 6.26 Å². The quantitative estimate of drug-likeness (QED) is 0.233. The first-order valence-corrected chi connectivity index (χ1v) is 1.67. The van der Waals surface area contributed by atoms with Crippen LogP contribution in [0.4, 0.5) is 0 Å². The van der Waals surface area contributed by atoms with Crippen LogP contribution in [0.3, 0.4) is 0 Å². The molecule has 0 aromatic heterocycles. The fraction of sp³-hybridized carbons (Fsp3) is 0.500. The van der Waals surface area contributed by atoms with Crippen molar-refractivity contribution in [2.75, 3.05) is 6.61 Å². The molecule has 28 valence electrons. The van der Waals surface area contributed by atoms with Gasteiger partial charge in [0.05, 0.1) is 6.61 Å². The van der Waals surface area contributed by atoms with E-state index in [1.54, 1.807) is 6.26 Å². The van der Waals surface area contributed by atoms with Gasteiger partial charge in [0.2, 0.25) is 0 Å². The van der Waals surface area contributed by atoms with E-state index in [1.807, 2.05) is 0 Å². The molecule has 0 spiro atoms. The second-order valence-corrected chi connectivity index (χ2v) is 0.943. The normalized spacial score (nSPS) is 16.0. The molecule has 0 radical (unpaired) electrons. The summed E-state index contributed by atoms with van der Waals surface area (Å²) in [5.41, 5.74) is 0. The molecule has 0 aromatic rings. The van der Waals surface area contributed by atoms with Crippen LogP contribution in [-0.4, -0.2) is 6.61 Å². The summed E-state index contributed by atoms with van der Waals surface area (Å²) in [5.74, 6) is 0. The first-order valence-electron chi connectivity index (χ1n) is 1.67. The Kier molecular flexibility index (Phi) is 3.41. The van der Waals surface area contributed by atoms with Gasteiger partial charge in [0.1, 0.15) is 0 Å². The van der Waals surface area contributed by atoms with Crippen LogP contribution in [0, 0.1) is 6.08 Å². The molecular weight excluding hydrogens is 71.0 g/mol. The molecule has 6 heavy (non-hydrogen) atoms. The van der Waals surface area contributed by atoms with E-state index in [0.29, 0.717) is 0 Å². The molecule has 0 amide bonds. The van der Waals surface area contributed by atoms with Gasteiger partial charge in [-0.2, -0.15) is 0 Å². The molecule has 0 aliphatic carbocycles. The summed E-state index contributed by atoms with van der Waals surface area (Å²) in [7, 11) is 0. The van der Waals surface area contributed by atoms with E-state index < -0.39 is 0 Å². The van der Waals surface area contributed by atoms with Crippen LogP contribution in [0.5, 0.6) is 0 Å². The maximum absolute atomic E-state index is 4.71. The molecule has 1 aliphatic rings. The Morgan fingerprint density at radius 3 is 2.67 bits per heavy atom. The van der Waals surface area contributed by atoms with Gasteiger partial charge in [0.25, 0.3) is 0 Å². The zero-order valence-electron chi connectivity index (χ0n) is 3.90. The topological polar surface area (TPSA) is 9.23 Å². The predicted molar refractivity (Wildman–Crippen MR) is 18.4 cm³/mol. The molecule has 0 N–H and O–H groups in total. The Balaban J connectivity index is 0.000000250. The Morgan fingerprint density at radius 1 is 1.67 bits per heavy atom. The average molecular weight is 76.0 g/mol. The molecule has 0 saturated heterocycles. The van der Waals surface area contributed by atoms with Crippen molar-refractivity contribution in [2.45, 2.75) is 6.42 Å².